The fourth-order valence-corrected chi connectivity index (χ4v) is 2.71. The number of amides is 1. The van der Waals surface area contributed by atoms with Gasteiger partial charge in [-0.2, -0.15) is 5.10 Å². The number of nitrogens with one attached hydrogen (secondary N) is 2. The number of carbonyl (C=O) groups is 1. The summed E-state index contributed by atoms with van der Waals surface area (Å²) in [6.07, 6.45) is 1.44. The van der Waals surface area contributed by atoms with Crippen LogP contribution in [0.4, 0.5) is 0 Å². The first kappa shape index (κ1) is 18.6. The van der Waals surface area contributed by atoms with Crippen molar-refractivity contribution in [2.45, 2.75) is 32.7 Å². The highest BCUT2D eigenvalue weighted by molar-refractivity contribution is 6.06. The molecule has 1 amide bonds. The highest BCUT2D eigenvalue weighted by Gasteiger charge is 2.28. The van der Waals surface area contributed by atoms with Crippen molar-refractivity contribution >= 4 is 17.6 Å². The van der Waals surface area contributed by atoms with Crippen molar-refractivity contribution in [3.63, 3.8) is 0 Å². The molecular formula is C21H24N4O2. The summed E-state index contributed by atoms with van der Waals surface area (Å²) in [4.78, 5) is 12.0. The molecule has 2 aromatic carbocycles. The van der Waals surface area contributed by atoms with Crippen LogP contribution in [0.2, 0.25) is 0 Å². The predicted molar refractivity (Wildman–Crippen MR) is 107 cm³/mol. The quantitative estimate of drug-likeness (QED) is 0.586. The Kier molecular flexibility index (Phi) is 6.20. The number of rotatable bonds is 7. The van der Waals surface area contributed by atoms with E-state index in [1.165, 1.54) is 5.56 Å². The molecule has 1 aliphatic rings. The molecule has 1 fully saturated rings. The van der Waals surface area contributed by atoms with Crippen LogP contribution in [0.25, 0.3) is 0 Å². The molecule has 0 radical (unpaired) electrons. The second-order valence-electron chi connectivity index (χ2n) is 6.61. The van der Waals surface area contributed by atoms with Gasteiger partial charge >= 0.3 is 0 Å². The monoisotopic (exact) mass is 364 g/mol. The van der Waals surface area contributed by atoms with Gasteiger partial charge in [-0.05, 0) is 37.1 Å². The number of hydrogen-bond acceptors (Lipinski definition) is 4. The first-order valence-electron chi connectivity index (χ1n) is 9.02. The molecule has 2 N–H and O–H groups in total. The van der Waals surface area contributed by atoms with E-state index in [9.17, 15) is 4.79 Å². The van der Waals surface area contributed by atoms with Crippen LogP contribution in [0.1, 0.15) is 25.0 Å². The molecule has 6 heteroatoms. The maximum atomic E-state index is 12.0. The molecule has 1 unspecified atom stereocenters. The van der Waals surface area contributed by atoms with Gasteiger partial charge in [-0.25, -0.2) is 0 Å². The molecule has 1 heterocycles. The fourth-order valence-electron chi connectivity index (χ4n) is 2.71. The second-order valence-corrected chi connectivity index (χ2v) is 6.61. The summed E-state index contributed by atoms with van der Waals surface area (Å²) in [5, 5.41) is 13.7. The third kappa shape index (κ3) is 5.67. The summed E-state index contributed by atoms with van der Waals surface area (Å²) < 4.78 is 5.80. The van der Waals surface area contributed by atoms with Crippen LogP contribution in [-0.4, -0.2) is 30.2 Å². The fraction of sp³-hybridized carbons (Fsp3) is 0.286. The van der Waals surface area contributed by atoms with E-state index in [0.717, 1.165) is 23.4 Å². The molecule has 3 rings (SSSR count). The lowest BCUT2D eigenvalue weighted by molar-refractivity contribution is -0.120. The van der Waals surface area contributed by atoms with Gasteiger partial charge in [-0.15, -0.1) is 5.10 Å². The van der Waals surface area contributed by atoms with Crippen LogP contribution >= 0.6 is 0 Å². The van der Waals surface area contributed by atoms with Crippen LogP contribution < -0.4 is 15.4 Å². The summed E-state index contributed by atoms with van der Waals surface area (Å²) in [6.45, 7) is 4.33. The number of ether oxygens (including phenoxy) is 1. The van der Waals surface area contributed by atoms with Gasteiger partial charge in [0.25, 0.3) is 0 Å². The van der Waals surface area contributed by atoms with Crippen LogP contribution in [-0.2, 0) is 17.6 Å². The van der Waals surface area contributed by atoms with Crippen molar-refractivity contribution in [1.82, 2.24) is 10.6 Å². The Balaban J connectivity index is 1.49. The zero-order valence-corrected chi connectivity index (χ0v) is 15.6. The molecular weight excluding hydrogens is 340 g/mol. The molecule has 0 aromatic heterocycles. The van der Waals surface area contributed by atoms with Crippen LogP contribution in [0.3, 0.4) is 0 Å². The summed E-state index contributed by atoms with van der Waals surface area (Å²) >= 11 is 0. The minimum Gasteiger partial charge on any atom is -0.493 e. The summed E-state index contributed by atoms with van der Waals surface area (Å²) in [6, 6.07) is 17.8. The minimum atomic E-state index is -0.346. The van der Waals surface area contributed by atoms with Crippen molar-refractivity contribution in [2.24, 2.45) is 10.2 Å². The average Bonchev–Trinajstić information content (AvgIpc) is 3.02. The lowest BCUT2D eigenvalue weighted by Crippen LogP contribution is -2.31. The Hall–Kier alpha value is -3.15. The average molecular weight is 364 g/mol. The topological polar surface area (TPSA) is 75.1 Å². The van der Waals surface area contributed by atoms with E-state index >= 15 is 0 Å². The molecule has 0 saturated carbocycles. The number of carbonyl (C=O) groups excluding carboxylic acids is 1. The van der Waals surface area contributed by atoms with Gasteiger partial charge in [0.15, 0.2) is 0 Å². The van der Waals surface area contributed by atoms with E-state index in [1.807, 2.05) is 56.3 Å². The molecule has 1 saturated heterocycles. The van der Waals surface area contributed by atoms with Gasteiger partial charge in [0.05, 0.1) is 6.61 Å². The maximum Gasteiger partial charge on any atom is 0.249 e. The first-order valence-corrected chi connectivity index (χ1v) is 9.02. The molecule has 6 nitrogen and oxygen atoms in total. The molecule has 1 aliphatic heterocycles. The van der Waals surface area contributed by atoms with Gasteiger partial charge in [0.1, 0.15) is 11.8 Å². The van der Waals surface area contributed by atoms with Crippen LogP contribution in [0, 0.1) is 0 Å². The molecule has 0 spiro atoms. The molecule has 2 aromatic rings. The Morgan fingerprint density at radius 3 is 2.48 bits per heavy atom. The lowest BCUT2D eigenvalue weighted by atomic mass is 10.1. The summed E-state index contributed by atoms with van der Waals surface area (Å²) in [5.74, 6) is 1.13. The summed E-state index contributed by atoms with van der Waals surface area (Å²) in [5.41, 5.74) is 3.13. The van der Waals surface area contributed by atoms with Crippen molar-refractivity contribution in [3.05, 3.63) is 65.7 Å². The minimum absolute atomic E-state index is 0.0964. The third-order valence-corrected chi connectivity index (χ3v) is 4.08. The Morgan fingerprint density at radius 2 is 1.78 bits per heavy atom. The van der Waals surface area contributed by atoms with Gasteiger partial charge in [-0.1, -0.05) is 42.5 Å². The van der Waals surface area contributed by atoms with Gasteiger partial charge in [0.2, 0.25) is 11.9 Å². The number of benzene rings is 2. The zero-order chi connectivity index (χ0) is 19.1. The van der Waals surface area contributed by atoms with Gasteiger partial charge < -0.3 is 10.1 Å². The molecule has 1 atom stereocenters. The SMILES string of the molecule is CC(C)=N/N=C1\NC(=O)C(Cc2ccc(OCCc3ccccc3)cc2)N1. The van der Waals surface area contributed by atoms with E-state index in [1.54, 1.807) is 0 Å². The van der Waals surface area contributed by atoms with Crippen LogP contribution in [0.15, 0.2) is 64.8 Å². The van der Waals surface area contributed by atoms with Crippen molar-refractivity contribution in [1.29, 1.82) is 0 Å². The molecule has 27 heavy (non-hydrogen) atoms. The predicted octanol–water partition coefficient (Wildman–Crippen LogP) is 2.69. The lowest BCUT2D eigenvalue weighted by Gasteiger charge is -2.10. The van der Waals surface area contributed by atoms with Crippen molar-refractivity contribution in [2.75, 3.05) is 6.61 Å². The number of nitrogens with zero attached hydrogens (tertiary/aromatic N) is 2. The van der Waals surface area contributed by atoms with Crippen molar-refractivity contribution in [3.8, 4) is 5.75 Å². The third-order valence-electron chi connectivity index (χ3n) is 4.08. The van der Waals surface area contributed by atoms with E-state index in [0.29, 0.717) is 19.0 Å². The number of guanidine groups is 1. The van der Waals surface area contributed by atoms with E-state index in [4.69, 9.17) is 4.74 Å². The smallest absolute Gasteiger partial charge is 0.249 e. The van der Waals surface area contributed by atoms with Crippen molar-refractivity contribution < 1.29 is 9.53 Å². The Bertz CT molecular complexity index is 825. The Morgan fingerprint density at radius 1 is 1.04 bits per heavy atom. The van der Waals surface area contributed by atoms with E-state index in [2.05, 4.69) is 33.0 Å². The normalized spacial score (nSPS) is 17.3. The number of hydrogen-bond donors (Lipinski definition) is 2. The van der Waals surface area contributed by atoms with E-state index < -0.39 is 0 Å². The van der Waals surface area contributed by atoms with Crippen LogP contribution in [0.5, 0.6) is 5.75 Å². The highest BCUT2D eigenvalue weighted by Crippen LogP contribution is 2.15. The second kappa shape index (κ2) is 8.98. The largest absolute Gasteiger partial charge is 0.493 e. The molecule has 0 bridgehead atoms. The highest BCUT2D eigenvalue weighted by atomic mass is 16.5. The maximum absolute atomic E-state index is 12.0. The first-order chi connectivity index (χ1) is 13.1. The van der Waals surface area contributed by atoms with Gasteiger partial charge in [-0.3, -0.25) is 10.1 Å². The Labute approximate surface area is 159 Å². The summed E-state index contributed by atoms with van der Waals surface area (Å²) in [7, 11) is 0. The van der Waals surface area contributed by atoms with Gasteiger partial charge in [0, 0.05) is 18.6 Å². The standard InChI is InChI=1S/C21H24N4O2/c1-15(2)24-25-21-22-19(20(26)23-21)14-17-8-10-18(11-9-17)27-13-12-16-6-4-3-5-7-16/h3-11,19H,12-14H2,1-2H3,(H2,22,23,25,26). The van der Waals surface area contributed by atoms with E-state index in [-0.39, 0.29) is 11.9 Å². The zero-order valence-electron chi connectivity index (χ0n) is 15.6. The molecule has 0 aliphatic carbocycles. The molecule has 140 valence electrons.